The largest absolute Gasteiger partial charge is 0.506 e. The number of allylic oxidation sites excluding steroid dienone is 4. The molecule has 0 bridgehead atoms. The first kappa shape index (κ1) is 27.3. The molecule has 2 aliphatic carbocycles. The summed E-state index contributed by atoms with van der Waals surface area (Å²) in [6.07, 6.45) is 1.40. The van der Waals surface area contributed by atoms with Crippen molar-refractivity contribution in [2.75, 3.05) is 0 Å². The molecular weight excluding hydrogens is 528 g/mol. The van der Waals surface area contributed by atoms with Crippen LogP contribution in [0.2, 0.25) is 0 Å². The van der Waals surface area contributed by atoms with Crippen LogP contribution in [-0.4, -0.2) is 33.3 Å². The van der Waals surface area contributed by atoms with Crippen molar-refractivity contribution in [3.05, 3.63) is 93.1 Å². The van der Waals surface area contributed by atoms with Crippen LogP contribution in [0.15, 0.2) is 70.8 Å². The van der Waals surface area contributed by atoms with Gasteiger partial charge in [-0.3, -0.25) is 19.2 Å². The van der Waals surface area contributed by atoms with Crippen molar-refractivity contribution in [2.45, 2.75) is 53.4 Å². The number of hydrogen-bond acceptors (Lipinski definition) is 6. The lowest BCUT2D eigenvalue weighted by molar-refractivity contribution is 0.0968. The van der Waals surface area contributed by atoms with E-state index in [-0.39, 0.29) is 44.9 Å². The average Bonchev–Trinajstić information content (AvgIpc) is 3.00. The lowest BCUT2D eigenvalue weighted by Gasteiger charge is -2.27. The normalized spacial score (nSPS) is 15.2. The molecule has 0 heterocycles. The third-order valence-corrected chi connectivity index (χ3v) is 8.78. The maximum absolute atomic E-state index is 13.9. The minimum Gasteiger partial charge on any atom is -0.506 e. The minimum atomic E-state index is -0.432. The van der Waals surface area contributed by atoms with Crippen LogP contribution in [0.5, 0.6) is 11.5 Å². The van der Waals surface area contributed by atoms with E-state index in [9.17, 15) is 29.4 Å². The van der Waals surface area contributed by atoms with Crippen LogP contribution < -0.4 is 0 Å². The molecule has 0 saturated heterocycles. The van der Waals surface area contributed by atoms with Gasteiger partial charge in [0.1, 0.15) is 11.5 Å². The smallest absolute Gasteiger partial charge is 0.193 e. The number of hydrogen-bond donors (Lipinski definition) is 2. The fourth-order valence-electron chi connectivity index (χ4n) is 6.92. The zero-order valence-corrected chi connectivity index (χ0v) is 24.0. The predicted molar refractivity (Wildman–Crippen MR) is 163 cm³/mol. The monoisotopic (exact) mass is 558 g/mol. The van der Waals surface area contributed by atoms with Gasteiger partial charge in [0.2, 0.25) is 0 Å². The Bertz CT molecular complexity index is 1860. The van der Waals surface area contributed by atoms with Crippen molar-refractivity contribution in [3.8, 4) is 22.6 Å². The molecule has 6 rings (SSSR count). The predicted octanol–water partition coefficient (Wildman–Crippen LogP) is 8.06. The molecule has 0 aromatic heterocycles. The molecule has 0 radical (unpaired) electrons. The minimum absolute atomic E-state index is 0.103. The zero-order valence-electron chi connectivity index (χ0n) is 24.0. The quantitative estimate of drug-likeness (QED) is 0.256. The molecule has 4 aromatic rings. The van der Waals surface area contributed by atoms with E-state index in [4.69, 9.17) is 0 Å². The second-order valence-corrected chi connectivity index (χ2v) is 10.7. The Morgan fingerprint density at radius 2 is 0.643 bits per heavy atom. The third-order valence-electron chi connectivity index (χ3n) is 8.78. The molecule has 2 N–H and O–H groups in total. The highest BCUT2D eigenvalue weighted by molar-refractivity contribution is 6.36. The zero-order chi connectivity index (χ0) is 30.0. The van der Waals surface area contributed by atoms with Crippen LogP contribution in [0.3, 0.4) is 0 Å². The first-order chi connectivity index (χ1) is 20.2. The average molecular weight is 559 g/mol. The van der Waals surface area contributed by atoms with Gasteiger partial charge >= 0.3 is 0 Å². The molecule has 0 atom stereocenters. The molecule has 0 saturated carbocycles. The van der Waals surface area contributed by atoms with E-state index in [0.717, 1.165) is 0 Å². The number of phenolic OH excluding ortho intramolecular Hbond substituents is 2. The Morgan fingerprint density at radius 1 is 0.405 bits per heavy atom. The first-order valence-electron chi connectivity index (χ1n) is 14.4. The Balaban J connectivity index is 1.81. The standard InChI is InChI=1S/C36H30O6/c1-5-17-19(7-3)33(39)29-27(31(17)37)23-15-11-9-13-21(23)25(35(29)41)26-22-14-10-12-16-24(22)28-30(36(26)42)34(40)20(8-4)18(6-2)32(28)38/h9-16,41-42H,5-8H2,1-4H3. The van der Waals surface area contributed by atoms with Crippen LogP contribution in [0.25, 0.3) is 32.7 Å². The molecule has 6 heteroatoms. The van der Waals surface area contributed by atoms with Gasteiger partial charge in [-0.15, -0.1) is 0 Å². The summed E-state index contributed by atoms with van der Waals surface area (Å²) in [5.41, 5.74) is 1.94. The summed E-state index contributed by atoms with van der Waals surface area (Å²) < 4.78 is 0. The highest BCUT2D eigenvalue weighted by Crippen LogP contribution is 2.53. The molecule has 6 nitrogen and oxygen atoms in total. The van der Waals surface area contributed by atoms with Crippen LogP contribution >= 0.6 is 0 Å². The van der Waals surface area contributed by atoms with Gasteiger partial charge in [0.05, 0.1) is 11.1 Å². The highest BCUT2D eigenvalue weighted by atomic mass is 16.3. The van der Waals surface area contributed by atoms with Crippen molar-refractivity contribution in [1.29, 1.82) is 0 Å². The van der Waals surface area contributed by atoms with Gasteiger partial charge in [0, 0.05) is 44.5 Å². The van der Waals surface area contributed by atoms with Crippen molar-refractivity contribution in [1.82, 2.24) is 0 Å². The van der Waals surface area contributed by atoms with E-state index in [2.05, 4.69) is 0 Å². The van der Waals surface area contributed by atoms with E-state index < -0.39 is 23.1 Å². The summed E-state index contributed by atoms with van der Waals surface area (Å²) in [6.45, 7) is 7.26. The van der Waals surface area contributed by atoms with E-state index in [0.29, 0.717) is 69.5 Å². The maximum atomic E-state index is 13.9. The molecule has 210 valence electrons. The summed E-state index contributed by atoms with van der Waals surface area (Å²) in [5.74, 6) is -2.31. The Labute approximate surface area is 243 Å². The molecule has 42 heavy (non-hydrogen) atoms. The number of aromatic hydroxyl groups is 2. The lowest BCUT2D eigenvalue weighted by atomic mass is 9.75. The van der Waals surface area contributed by atoms with Gasteiger partial charge in [-0.25, -0.2) is 0 Å². The third kappa shape index (κ3) is 3.44. The molecule has 0 fully saturated rings. The van der Waals surface area contributed by atoms with Crippen molar-refractivity contribution >= 4 is 44.7 Å². The Morgan fingerprint density at radius 3 is 0.905 bits per heavy atom. The Hall–Kier alpha value is -4.84. The van der Waals surface area contributed by atoms with Crippen LogP contribution in [0, 0.1) is 0 Å². The molecule has 0 unspecified atom stereocenters. The molecule has 0 spiro atoms. The van der Waals surface area contributed by atoms with Crippen LogP contribution in [0.1, 0.15) is 94.8 Å². The van der Waals surface area contributed by atoms with Gasteiger partial charge in [0.25, 0.3) is 0 Å². The number of carbonyl (C=O) groups is 4. The topological polar surface area (TPSA) is 109 Å². The van der Waals surface area contributed by atoms with Crippen LogP contribution in [0.4, 0.5) is 0 Å². The van der Waals surface area contributed by atoms with Crippen molar-refractivity contribution < 1.29 is 29.4 Å². The van der Waals surface area contributed by atoms with E-state index in [1.165, 1.54) is 0 Å². The Kier molecular flexibility index (Phi) is 6.45. The summed E-state index contributed by atoms with van der Waals surface area (Å²) in [6, 6.07) is 13.9. The summed E-state index contributed by atoms with van der Waals surface area (Å²) in [5, 5.41) is 25.7. The number of benzene rings is 4. The molecular formula is C36H30O6. The number of phenols is 2. The first-order valence-corrected chi connectivity index (χ1v) is 14.4. The van der Waals surface area contributed by atoms with E-state index in [1.807, 2.05) is 13.8 Å². The van der Waals surface area contributed by atoms with Gasteiger partial charge in [-0.2, -0.15) is 0 Å². The fraction of sp³-hybridized carbons (Fsp3) is 0.222. The van der Waals surface area contributed by atoms with Crippen molar-refractivity contribution in [2.24, 2.45) is 0 Å². The van der Waals surface area contributed by atoms with E-state index in [1.54, 1.807) is 62.4 Å². The summed E-state index contributed by atoms with van der Waals surface area (Å²) in [7, 11) is 0. The van der Waals surface area contributed by atoms with Crippen molar-refractivity contribution in [3.63, 3.8) is 0 Å². The molecule has 0 aliphatic heterocycles. The summed E-state index contributed by atoms with van der Waals surface area (Å²) >= 11 is 0. The molecule has 4 aromatic carbocycles. The number of ketones is 4. The molecule has 0 amide bonds. The van der Waals surface area contributed by atoms with Gasteiger partial charge in [-0.1, -0.05) is 76.2 Å². The molecule has 2 aliphatic rings. The fourth-order valence-corrected chi connectivity index (χ4v) is 6.92. The number of fused-ring (bicyclic) bond motifs is 6. The van der Waals surface area contributed by atoms with Gasteiger partial charge in [0.15, 0.2) is 23.1 Å². The van der Waals surface area contributed by atoms with E-state index >= 15 is 0 Å². The lowest BCUT2D eigenvalue weighted by Crippen LogP contribution is -2.23. The summed E-state index contributed by atoms with van der Waals surface area (Å²) in [4.78, 5) is 55.4. The second kappa shape index (κ2) is 9.91. The maximum Gasteiger partial charge on any atom is 0.193 e. The number of carbonyl (C=O) groups excluding carboxylic acids is 4. The highest BCUT2D eigenvalue weighted by Gasteiger charge is 2.39. The number of rotatable bonds is 5. The van der Waals surface area contributed by atoms with Gasteiger partial charge in [-0.05, 0) is 47.2 Å². The van der Waals surface area contributed by atoms with Gasteiger partial charge < -0.3 is 10.2 Å². The SMILES string of the molecule is CCC1=C(CC)C(=O)c2c(c(O)c(-c3c(O)c4c(c5ccccc35)C(=O)C(CC)=C(CC)C4=O)c3ccccc23)C1=O. The second-order valence-electron chi connectivity index (χ2n) is 10.7. The number of Topliss-reactive ketones (excluding diaryl/α,β-unsaturated/α-hetero) is 4. The van der Waals surface area contributed by atoms with Crippen LogP contribution in [-0.2, 0) is 0 Å².